The van der Waals surface area contributed by atoms with Gasteiger partial charge in [0.1, 0.15) is 0 Å². The van der Waals surface area contributed by atoms with E-state index in [2.05, 4.69) is 24.2 Å². The average Bonchev–Trinajstić information content (AvgIpc) is 2.15. The van der Waals surface area contributed by atoms with E-state index in [1.54, 1.807) is 6.08 Å². The molecule has 0 atom stereocenters. The van der Waals surface area contributed by atoms with Crippen LogP contribution in [0.3, 0.4) is 0 Å². The Morgan fingerprint density at radius 2 is 2.42 bits per heavy atom. The van der Waals surface area contributed by atoms with E-state index in [1.807, 2.05) is 18.4 Å². The Morgan fingerprint density at radius 3 is 3.00 bits per heavy atom. The molecule has 12 heavy (non-hydrogen) atoms. The van der Waals surface area contributed by atoms with Crippen LogP contribution in [-0.2, 0) is 0 Å². The van der Waals surface area contributed by atoms with Crippen LogP contribution in [0.25, 0.3) is 0 Å². The van der Waals surface area contributed by atoms with Crippen molar-refractivity contribution in [3.63, 3.8) is 0 Å². The molecule has 0 radical (unpaired) electrons. The molecule has 0 bridgehead atoms. The van der Waals surface area contributed by atoms with Crippen LogP contribution in [-0.4, -0.2) is 5.71 Å². The third kappa shape index (κ3) is 2.35. The average molecular weight is 159 g/mol. The maximum atomic E-state index is 4.23. The fraction of sp³-hybridized carbons (Fsp3) is 0.182. The summed E-state index contributed by atoms with van der Waals surface area (Å²) in [6, 6.07) is 0. The third-order valence-corrected chi connectivity index (χ3v) is 1.69. The van der Waals surface area contributed by atoms with E-state index in [1.165, 1.54) is 0 Å². The maximum absolute atomic E-state index is 4.23. The molecular weight excluding hydrogens is 146 g/mol. The summed E-state index contributed by atoms with van der Waals surface area (Å²) in [5.74, 6) is 0. The standard InChI is InChI=1S/C11H13N/c1-3-4-7-10(2)11-8-5-6-9-12-11/h3-4,6-7,9H,1-2,5,8H2/b7-4-. The van der Waals surface area contributed by atoms with Crippen molar-refractivity contribution in [3.05, 3.63) is 49.2 Å². The van der Waals surface area contributed by atoms with Crippen LogP contribution in [0.15, 0.2) is 54.2 Å². The van der Waals surface area contributed by atoms with Crippen LogP contribution >= 0.6 is 0 Å². The largest absolute Gasteiger partial charge is 0.261 e. The van der Waals surface area contributed by atoms with Crippen LogP contribution < -0.4 is 0 Å². The highest BCUT2D eigenvalue weighted by Gasteiger charge is 2.02. The highest BCUT2D eigenvalue weighted by Crippen LogP contribution is 2.09. The molecule has 62 valence electrons. The van der Waals surface area contributed by atoms with Crippen LogP contribution in [0, 0.1) is 0 Å². The highest BCUT2D eigenvalue weighted by molar-refractivity contribution is 6.02. The molecular formula is C11H13N. The van der Waals surface area contributed by atoms with Gasteiger partial charge in [-0.05, 0) is 18.4 Å². The predicted molar refractivity (Wildman–Crippen MR) is 54.3 cm³/mol. The number of aliphatic imine (C=N–C) groups is 1. The van der Waals surface area contributed by atoms with Gasteiger partial charge in [0.2, 0.25) is 0 Å². The molecule has 0 aromatic rings. The number of allylic oxidation sites excluding steroid dienone is 5. The summed E-state index contributed by atoms with van der Waals surface area (Å²) in [6.07, 6.45) is 11.5. The zero-order valence-electron chi connectivity index (χ0n) is 7.16. The van der Waals surface area contributed by atoms with Crippen molar-refractivity contribution in [2.24, 2.45) is 4.99 Å². The van der Waals surface area contributed by atoms with Crippen LogP contribution in [0.1, 0.15) is 12.8 Å². The van der Waals surface area contributed by atoms with Gasteiger partial charge in [0.15, 0.2) is 0 Å². The topological polar surface area (TPSA) is 12.4 Å². The lowest BCUT2D eigenvalue weighted by atomic mass is 10.1. The molecule has 0 unspecified atom stereocenters. The van der Waals surface area contributed by atoms with E-state index >= 15 is 0 Å². The molecule has 0 aliphatic carbocycles. The van der Waals surface area contributed by atoms with E-state index < -0.39 is 0 Å². The Labute approximate surface area is 73.5 Å². The SMILES string of the molecule is C=C/C=C\C(=C)C1=NC=CCC1. The summed E-state index contributed by atoms with van der Waals surface area (Å²) in [7, 11) is 0. The molecule has 0 saturated heterocycles. The first-order valence-electron chi connectivity index (χ1n) is 4.04. The summed E-state index contributed by atoms with van der Waals surface area (Å²) in [5.41, 5.74) is 2.06. The van der Waals surface area contributed by atoms with Crippen LogP contribution in [0.4, 0.5) is 0 Å². The minimum atomic E-state index is 0.985. The van der Waals surface area contributed by atoms with Crippen molar-refractivity contribution in [2.45, 2.75) is 12.8 Å². The molecule has 0 aromatic carbocycles. The van der Waals surface area contributed by atoms with Gasteiger partial charge >= 0.3 is 0 Å². The third-order valence-electron chi connectivity index (χ3n) is 1.69. The molecule has 1 heteroatoms. The van der Waals surface area contributed by atoms with Gasteiger partial charge in [-0.15, -0.1) is 0 Å². The van der Waals surface area contributed by atoms with Gasteiger partial charge in [-0.1, -0.05) is 37.5 Å². The second-order valence-electron chi connectivity index (χ2n) is 2.62. The van der Waals surface area contributed by atoms with E-state index in [4.69, 9.17) is 0 Å². The van der Waals surface area contributed by atoms with Crippen molar-refractivity contribution in [2.75, 3.05) is 0 Å². The first-order chi connectivity index (χ1) is 5.84. The van der Waals surface area contributed by atoms with E-state index in [9.17, 15) is 0 Å². The van der Waals surface area contributed by atoms with Crippen molar-refractivity contribution < 1.29 is 0 Å². The Kier molecular flexibility index (Phi) is 3.27. The van der Waals surface area contributed by atoms with Crippen molar-refractivity contribution in [3.8, 4) is 0 Å². The molecule has 1 aliphatic heterocycles. The lowest BCUT2D eigenvalue weighted by Gasteiger charge is -2.06. The van der Waals surface area contributed by atoms with Crippen molar-refractivity contribution in [1.82, 2.24) is 0 Å². The first kappa shape index (κ1) is 8.72. The molecule has 0 fully saturated rings. The van der Waals surface area contributed by atoms with E-state index in [0.29, 0.717) is 0 Å². The van der Waals surface area contributed by atoms with Crippen molar-refractivity contribution in [1.29, 1.82) is 0 Å². The molecule has 0 saturated carbocycles. The Balaban J connectivity index is 2.63. The second kappa shape index (κ2) is 4.50. The highest BCUT2D eigenvalue weighted by atomic mass is 14.7. The van der Waals surface area contributed by atoms with E-state index in [-0.39, 0.29) is 0 Å². The fourth-order valence-electron chi connectivity index (χ4n) is 1.03. The Hall–Kier alpha value is -1.37. The summed E-state index contributed by atoms with van der Waals surface area (Å²) in [5, 5.41) is 0. The zero-order valence-corrected chi connectivity index (χ0v) is 7.16. The minimum Gasteiger partial charge on any atom is -0.261 e. The van der Waals surface area contributed by atoms with Gasteiger partial charge in [-0.3, -0.25) is 4.99 Å². The smallest absolute Gasteiger partial charge is 0.0472 e. The summed E-state index contributed by atoms with van der Waals surface area (Å²) in [6.45, 7) is 7.51. The quantitative estimate of drug-likeness (QED) is 0.561. The molecule has 1 heterocycles. The predicted octanol–water partition coefficient (Wildman–Crippen LogP) is 3.03. The lowest BCUT2D eigenvalue weighted by Crippen LogP contribution is -2.01. The number of nitrogens with zero attached hydrogens (tertiary/aromatic N) is 1. The molecule has 0 amide bonds. The maximum Gasteiger partial charge on any atom is 0.0472 e. The number of hydrogen-bond acceptors (Lipinski definition) is 1. The summed E-state index contributed by atoms with van der Waals surface area (Å²) in [4.78, 5) is 4.23. The summed E-state index contributed by atoms with van der Waals surface area (Å²) >= 11 is 0. The summed E-state index contributed by atoms with van der Waals surface area (Å²) < 4.78 is 0. The number of rotatable bonds is 3. The van der Waals surface area contributed by atoms with Crippen LogP contribution in [0.2, 0.25) is 0 Å². The first-order valence-corrected chi connectivity index (χ1v) is 4.04. The Bertz CT molecular complexity index is 267. The molecule has 0 spiro atoms. The molecule has 1 rings (SSSR count). The molecule has 0 aromatic heterocycles. The van der Waals surface area contributed by atoms with E-state index in [0.717, 1.165) is 24.1 Å². The minimum absolute atomic E-state index is 0.985. The second-order valence-corrected chi connectivity index (χ2v) is 2.62. The fourth-order valence-corrected chi connectivity index (χ4v) is 1.03. The molecule has 1 nitrogen and oxygen atoms in total. The van der Waals surface area contributed by atoms with Gasteiger partial charge < -0.3 is 0 Å². The van der Waals surface area contributed by atoms with Gasteiger partial charge in [-0.2, -0.15) is 0 Å². The Morgan fingerprint density at radius 1 is 1.58 bits per heavy atom. The monoisotopic (exact) mass is 159 g/mol. The van der Waals surface area contributed by atoms with Gasteiger partial charge in [0, 0.05) is 11.9 Å². The van der Waals surface area contributed by atoms with Crippen molar-refractivity contribution >= 4 is 5.71 Å². The molecule has 0 N–H and O–H groups in total. The van der Waals surface area contributed by atoms with Gasteiger partial charge in [0.05, 0.1) is 0 Å². The normalized spacial score (nSPS) is 16.2. The number of hydrogen-bond donors (Lipinski definition) is 0. The van der Waals surface area contributed by atoms with Gasteiger partial charge in [-0.25, -0.2) is 0 Å². The zero-order chi connectivity index (χ0) is 8.81. The van der Waals surface area contributed by atoms with Crippen LogP contribution in [0.5, 0.6) is 0 Å². The molecule has 1 aliphatic rings. The van der Waals surface area contributed by atoms with Gasteiger partial charge in [0.25, 0.3) is 0 Å². The lowest BCUT2D eigenvalue weighted by molar-refractivity contribution is 1.06.